The van der Waals surface area contributed by atoms with Gasteiger partial charge in [0.1, 0.15) is 6.42 Å². The molecule has 3 rings (SSSR count). The summed E-state index contributed by atoms with van der Waals surface area (Å²) < 4.78 is 0. The van der Waals surface area contributed by atoms with Crippen molar-refractivity contribution in [2.24, 2.45) is 0 Å². The molecule has 2 amide bonds. The third kappa shape index (κ3) is 5.21. The molecule has 0 atom stereocenters. The molecular weight excluding hydrogens is 352 g/mol. The second kappa shape index (κ2) is 9.38. The highest BCUT2D eigenvalue weighted by atomic mass is 16.2. The van der Waals surface area contributed by atoms with Crippen LogP contribution in [-0.4, -0.2) is 42.9 Å². The Morgan fingerprint density at radius 2 is 1.68 bits per heavy atom. The third-order valence-electron chi connectivity index (χ3n) is 4.57. The summed E-state index contributed by atoms with van der Waals surface area (Å²) in [6, 6.07) is 19.1. The van der Waals surface area contributed by atoms with Crippen molar-refractivity contribution in [2.45, 2.75) is 6.42 Å². The fourth-order valence-electron chi connectivity index (χ4n) is 3.05. The lowest BCUT2D eigenvalue weighted by Gasteiger charge is -2.35. The number of hydrogen-bond donors (Lipinski definition) is 1. The molecule has 2 aromatic carbocycles. The number of nitrogens with one attached hydrogen (secondary N) is 1. The number of carbonyl (C=O) groups excluding carboxylic acids is 2. The summed E-state index contributed by atoms with van der Waals surface area (Å²) in [6.07, 6.45) is 3.31. The van der Waals surface area contributed by atoms with Gasteiger partial charge in [0.05, 0.1) is 6.07 Å². The summed E-state index contributed by atoms with van der Waals surface area (Å²) >= 11 is 0. The molecule has 0 aromatic heterocycles. The van der Waals surface area contributed by atoms with E-state index in [2.05, 4.69) is 10.2 Å². The van der Waals surface area contributed by atoms with Gasteiger partial charge in [-0.3, -0.25) is 9.59 Å². The van der Waals surface area contributed by atoms with Crippen LogP contribution in [0.5, 0.6) is 0 Å². The molecule has 0 aliphatic carbocycles. The van der Waals surface area contributed by atoms with Gasteiger partial charge >= 0.3 is 0 Å². The molecule has 1 N–H and O–H groups in total. The average Bonchev–Trinajstić information content (AvgIpc) is 2.73. The lowest BCUT2D eigenvalue weighted by Crippen LogP contribution is -2.48. The largest absolute Gasteiger partial charge is 0.368 e. The van der Waals surface area contributed by atoms with Crippen molar-refractivity contribution in [3.63, 3.8) is 0 Å². The minimum Gasteiger partial charge on any atom is -0.368 e. The Labute approximate surface area is 164 Å². The summed E-state index contributed by atoms with van der Waals surface area (Å²) in [5.41, 5.74) is 2.73. The molecule has 2 aromatic rings. The molecule has 6 nitrogen and oxygen atoms in total. The zero-order valence-electron chi connectivity index (χ0n) is 15.5. The van der Waals surface area contributed by atoms with E-state index >= 15 is 0 Å². The zero-order chi connectivity index (χ0) is 19.8. The summed E-state index contributed by atoms with van der Waals surface area (Å²) in [6.45, 7) is 2.84. The Morgan fingerprint density at radius 3 is 2.32 bits per heavy atom. The summed E-state index contributed by atoms with van der Waals surface area (Å²) in [4.78, 5) is 27.9. The monoisotopic (exact) mass is 374 g/mol. The molecule has 1 fully saturated rings. The van der Waals surface area contributed by atoms with Gasteiger partial charge in [0.15, 0.2) is 0 Å². The number of benzene rings is 2. The van der Waals surface area contributed by atoms with Gasteiger partial charge in [0.25, 0.3) is 0 Å². The molecule has 1 saturated heterocycles. The quantitative estimate of drug-likeness (QED) is 0.817. The molecule has 0 spiro atoms. The van der Waals surface area contributed by atoms with Crippen molar-refractivity contribution >= 4 is 29.3 Å². The molecule has 1 aliphatic rings. The molecule has 1 heterocycles. The minimum atomic E-state index is -0.314. The van der Waals surface area contributed by atoms with Crippen molar-refractivity contribution in [3.05, 3.63) is 66.2 Å². The molecule has 1 aliphatic heterocycles. The Hall–Kier alpha value is -3.59. The average molecular weight is 374 g/mol. The van der Waals surface area contributed by atoms with Gasteiger partial charge < -0.3 is 15.1 Å². The van der Waals surface area contributed by atoms with E-state index in [1.54, 1.807) is 6.08 Å². The van der Waals surface area contributed by atoms with Crippen molar-refractivity contribution in [2.75, 3.05) is 36.4 Å². The van der Waals surface area contributed by atoms with Crippen molar-refractivity contribution < 1.29 is 9.59 Å². The number of rotatable bonds is 5. The summed E-state index contributed by atoms with van der Waals surface area (Å²) in [5, 5.41) is 11.2. The number of amides is 2. The highest BCUT2D eigenvalue weighted by Gasteiger charge is 2.19. The van der Waals surface area contributed by atoms with Crippen LogP contribution in [0.2, 0.25) is 0 Å². The van der Waals surface area contributed by atoms with Gasteiger partial charge in [-0.1, -0.05) is 30.3 Å². The first-order chi connectivity index (χ1) is 13.7. The molecular formula is C22H22N4O2. The maximum atomic E-state index is 12.4. The normalized spacial score (nSPS) is 14.0. The Balaban J connectivity index is 1.51. The van der Waals surface area contributed by atoms with Crippen LogP contribution in [0.25, 0.3) is 6.08 Å². The fourth-order valence-corrected chi connectivity index (χ4v) is 3.05. The van der Waals surface area contributed by atoms with Crippen LogP contribution in [0.15, 0.2) is 60.7 Å². The lowest BCUT2D eigenvalue weighted by molar-refractivity contribution is -0.126. The predicted octanol–water partition coefficient (Wildman–Crippen LogP) is 2.90. The second-order valence-corrected chi connectivity index (χ2v) is 6.49. The Kier molecular flexibility index (Phi) is 6.42. The molecule has 0 radical (unpaired) electrons. The summed E-state index contributed by atoms with van der Waals surface area (Å²) in [5.74, 6) is -0.287. The van der Waals surface area contributed by atoms with Crippen molar-refractivity contribution in [1.29, 1.82) is 5.26 Å². The van der Waals surface area contributed by atoms with Crippen LogP contribution >= 0.6 is 0 Å². The molecule has 6 heteroatoms. The van der Waals surface area contributed by atoms with E-state index in [1.165, 1.54) is 0 Å². The van der Waals surface area contributed by atoms with E-state index < -0.39 is 0 Å². The molecule has 0 unspecified atom stereocenters. The first-order valence-corrected chi connectivity index (χ1v) is 9.19. The standard InChI is InChI=1S/C22H22N4O2/c23-13-12-21(27)24-19-7-9-20(10-8-19)25-14-16-26(17-15-25)22(28)11-6-18-4-2-1-3-5-18/h1-11H,12,14-17H2,(H,24,27). The Morgan fingerprint density at radius 1 is 1.00 bits per heavy atom. The van der Waals surface area contributed by atoms with E-state index in [4.69, 9.17) is 5.26 Å². The van der Waals surface area contributed by atoms with Crippen LogP contribution < -0.4 is 10.2 Å². The Bertz CT molecular complexity index is 877. The van der Waals surface area contributed by atoms with Crippen LogP contribution in [0.4, 0.5) is 11.4 Å². The van der Waals surface area contributed by atoms with Crippen molar-refractivity contribution in [1.82, 2.24) is 4.90 Å². The van der Waals surface area contributed by atoms with Gasteiger partial charge in [0.2, 0.25) is 11.8 Å². The number of carbonyl (C=O) groups is 2. The summed E-state index contributed by atoms with van der Waals surface area (Å²) in [7, 11) is 0. The SMILES string of the molecule is N#CCC(=O)Nc1ccc(N2CCN(C(=O)C=Cc3ccccc3)CC2)cc1. The number of anilines is 2. The van der Waals surface area contributed by atoms with Crippen LogP contribution in [-0.2, 0) is 9.59 Å². The molecule has 142 valence electrons. The van der Waals surface area contributed by atoms with Gasteiger partial charge in [-0.15, -0.1) is 0 Å². The van der Waals surface area contributed by atoms with Crippen molar-refractivity contribution in [3.8, 4) is 6.07 Å². The maximum Gasteiger partial charge on any atom is 0.246 e. The van der Waals surface area contributed by atoms with Gasteiger partial charge in [-0.25, -0.2) is 0 Å². The van der Waals surface area contributed by atoms with E-state index in [9.17, 15) is 9.59 Å². The second-order valence-electron chi connectivity index (χ2n) is 6.49. The van der Waals surface area contributed by atoms with Crippen LogP contribution in [0.1, 0.15) is 12.0 Å². The van der Waals surface area contributed by atoms with E-state index in [-0.39, 0.29) is 18.2 Å². The number of nitriles is 1. The number of hydrogen-bond acceptors (Lipinski definition) is 4. The van der Waals surface area contributed by atoms with Crippen LogP contribution in [0, 0.1) is 11.3 Å². The third-order valence-corrected chi connectivity index (χ3v) is 4.57. The maximum absolute atomic E-state index is 12.4. The molecule has 0 saturated carbocycles. The van der Waals surface area contributed by atoms with E-state index in [0.29, 0.717) is 18.8 Å². The van der Waals surface area contributed by atoms with Gasteiger partial charge in [-0.05, 0) is 35.9 Å². The van der Waals surface area contributed by atoms with Gasteiger partial charge in [-0.2, -0.15) is 5.26 Å². The first-order valence-electron chi connectivity index (χ1n) is 9.19. The zero-order valence-corrected chi connectivity index (χ0v) is 15.5. The smallest absolute Gasteiger partial charge is 0.246 e. The van der Waals surface area contributed by atoms with E-state index in [1.807, 2.05) is 71.6 Å². The first kappa shape index (κ1) is 19.2. The van der Waals surface area contributed by atoms with E-state index in [0.717, 1.165) is 24.3 Å². The minimum absolute atomic E-state index is 0.0269. The molecule has 28 heavy (non-hydrogen) atoms. The van der Waals surface area contributed by atoms with Gasteiger partial charge in [0, 0.05) is 43.6 Å². The number of piperazine rings is 1. The number of nitrogens with zero attached hydrogens (tertiary/aromatic N) is 3. The molecule has 0 bridgehead atoms. The van der Waals surface area contributed by atoms with Crippen LogP contribution in [0.3, 0.4) is 0 Å². The lowest BCUT2D eigenvalue weighted by atomic mass is 10.2. The fraction of sp³-hybridized carbons (Fsp3) is 0.227. The highest BCUT2D eigenvalue weighted by molar-refractivity contribution is 5.92. The predicted molar refractivity (Wildman–Crippen MR) is 110 cm³/mol. The topological polar surface area (TPSA) is 76.4 Å². The highest BCUT2D eigenvalue weighted by Crippen LogP contribution is 2.20.